The van der Waals surface area contributed by atoms with Gasteiger partial charge in [-0.25, -0.2) is 0 Å². The Labute approximate surface area is 108 Å². The molecule has 94 valence electrons. The van der Waals surface area contributed by atoms with Crippen LogP contribution in [0.4, 0.5) is 5.82 Å². The molecule has 17 heavy (non-hydrogen) atoms. The van der Waals surface area contributed by atoms with E-state index in [-0.39, 0.29) is 0 Å². The Balaban J connectivity index is 3.10. The van der Waals surface area contributed by atoms with Crippen molar-refractivity contribution in [3.63, 3.8) is 0 Å². The minimum absolute atomic E-state index is 0.437. The van der Waals surface area contributed by atoms with Crippen molar-refractivity contribution in [1.29, 1.82) is 5.26 Å². The standard InChI is InChI=1S/C12H20N4S/c1-6-10(8-17-5)15(3)12-11(7-13)9(2)14-16(12)4/h10H,6,8H2,1-5H3. The smallest absolute Gasteiger partial charge is 0.144 e. The number of rotatable bonds is 5. The van der Waals surface area contributed by atoms with Crippen molar-refractivity contribution in [1.82, 2.24) is 9.78 Å². The van der Waals surface area contributed by atoms with Gasteiger partial charge in [-0.2, -0.15) is 22.1 Å². The highest BCUT2D eigenvalue weighted by Gasteiger charge is 2.21. The molecule has 1 atom stereocenters. The van der Waals surface area contributed by atoms with Gasteiger partial charge in [0.2, 0.25) is 0 Å². The molecule has 0 fully saturated rings. The number of anilines is 1. The lowest BCUT2D eigenvalue weighted by atomic mass is 10.2. The Morgan fingerprint density at radius 1 is 1.59 bits per heavy atom. The second-order valence-electron chi connectivity index (χ2n) is 4.15. The minimum atomic E-state index is 0.437. The zero-order chi connectivity index (χ0) is 13.0. The van der Waals surface area contributed by atoms with Crippen LogP contribution in [0.3, 0.4) is 0 Å². The SMILES string of the molecule is CCC(CSC)N(C)c1c(C#N)c(C)nn1C. The third-order valence-electron chi connectivity index (χ3n) is 3.02. The molecule has 0 saturated carbocycles. The van der Waals surface area contributed by atoms with Crippen LogP contribution in [0, 0.1) is 18.3 Å². The van der Waals surface area contributed by atoms with Gasteiger partial charge in [-0.1, -0.05) is 6.92 Å². The average molecular weight is 252 g/mol. The summed E-state index contributed by atoms with van der Waals surface area (Å²) in [7, 11) is 3.94. The Morgan fingerprint density at radius 2 is 2.24 bits per heavy atom. The van der Waals surface area contributed by atoms with Crippen molar-refractivity contribution >= 4 is 17.6 Å². The van der Waals surface area contributed by atoms with Crippen LogP contribution in [0.5, 0.6) is 0 Å². The van der Waals surface area contributed by atoms with Crippen molar-refractivity contribution in [3.8, 4) is 6.07 Å². The number of hydrogen-bond donors (Lipinski definition) is 0. The lowest BCUT2D eigenvalue weighted by Crippen LogP contribution is -2.35. The van der Waals surface area contributed by atoms with Crippen LogP contribution in [0.2, 0.25) is 0 Å². The molecular formula is C12H20N4S. The van der Waals surface area contributed by atoms with Crippen LogP contribution in [-0.2, 0) is 7.05 Å². The second-order valence-corrected chi connectivity index (χ2v) is 5.06. The molecular weight excluding hydrogens is 232 g/mol. The van der Waals surface area contributed by atoms with Crippen molar-refractivity contribution in [3.05, 3.63) is 11.3 Å². The first-order valence-electron chi connectivity index (χ1n) is 5.72. The van der Waals surface area contributed by atoms with Gasteiger partial charge in [-0.05, 0) is 19.6 Å². The molecule has 0 aliphatic carbocycles. The molecule has 0 amide bonds. The largest absolute Gasteiger partial charge is 0.355 e. The molecule has 0 aromatic carbocycles. The number of nitriles is 1. The summed E-state index contributed by atoms with van der Waals surface area (Å²) in [6, 6.07) is 2.69. The first-order chi connectivity index (χ1) is 8.06. The summed E-state index contributed by atoms with van der Waals surface area (Å²) in [5.41, 5.74) is 1.49. The van der Waals surface area contributed by atoms with E-state index in [0.29, 0.717) is 11.6 Å². The molecule has 0 spiro atoms. The molecule has 1 aromatic heterocycles. The van der Waals surface area contributed by atoms with Crippen LogP contribution in [-0.4, -0.2) is 34.9 Å². The molecule has 5 heteroatoms. The number of hydrogen-bond acceptors (Lipinski definition) is 4. The minimum Gasteiger partial charge on any atom is -0.355 e. The zero-order valence-electron chi connectivity index (χ0n) is 11.2. The Kier molecular flexibility index (Phi) is 4.88. The maximum absolute atomic E-state index is 9.21. The lowest BCUT2D eigenvalue weighted by molar-refractivity contribution is 0.636. The quantitative estimate of drug-likeness (QED) is 0.805. The van der Waals surface area contributed by atoms with Gasteiger partial charge in [0.1, 0.15) is 17.5 Å². The molecule has 0 bridgehead atoms. The lowest BCUT2D eigenvalue weighted by Gasteiger charge is -2.28. The van der Waals surface area contributed by atoms with Crippen LogP contribution in [0.1, 0.15) is 24.6 Å². The summed E-state index contributed by atoms with van der Waals surface area (Å²) in [5, 5.41) is 13.5. The van der Waals surface area contributed by atoms with Gasteiger partial charge in [-0.3, -0.25) is 4.68 Å². The van der Waals surface area contributed by atoms with E-state index < -0.39 is 0 Å². The van der Waals surface area contributed by atoms with Crippen molar-refractivity contribution in [2.24, 2.45) is 7.05 Å². The maximum Gasteiger partial charge on any atom is 0.144 e. The average Bonchev–Trinajstić information content (AvgIpc) is 2.59. The van der Waals surface area contributed by atoms with E-state index in [0.717, 1.165) is 23.7 Å². The third kappa shape index (κ3) is 2.75. The summed E-state index contributed by atoms with van der Waals surface area (Å²) >= 11 is 1.83. The van der Waals surface area contributed by atoms with E-state index in [4.69, 9.17) is 0 Å². The Hall–Kier alpha value is -1.15. The van der Waals surface area contributed by atoms with Crippen LogP contribution in [0.25, 0.3) is 0 Å². The number of thioether (sulfide) groups is 1. The fourth-order valence-corrected chi connectivity index (χ4v) is 2.89. The van der Waals surface area contributed by atoms with E-state index in [2.05, 4.69) is 29.2 Å². The predicted octanol–water partition coefficient (Wildman–Crippen LogP) is 2.18. The molecule has 4 nitrogen and oxygen atoms in total. The first-order valence-corrected chi connectivity index (χ1v) is 7.11. The van der Waals surface area contributed by atoms with Crippen molar-refractivity contribution in [2.75, 3.05) is 24.0 Å². The maximum atomic E-state index is 9.21. The molecule has 0 saturated heterocycles. The number of aryl methyl sites for hydroxylation is 2. The van der Waals surface area contributed by atoms with Gasteiger partial charge in [-0.15, -0.1) is 0 Å². The monoisotopic (exact) mass is 252 g/mol. The van der Waals surface area contributed by atoms with Gasteiger partial charge in [0.15, 0.2) is 0 Å². The highest BCUT2D eigenvalue weighted by Crippen LogP contribution is 2.24. The first kappa shape index (κ1) is 13.9. The van der Waals surface area contributed by atoms with Crippen LogP contribution in [0.15, 0.2) is 0 Å². The normalized spacial score (nSPS) is 12.2. The predicted molar refractivity (Wildman–Crippen MR) is 73.5 cm³/mol. The molecule has 0 N–H and O–H groups in total. The van der Waals surface area contributed by atoms with Crippen LogP contribution >= 0.6 is 11.8 Å². The zero-order valence-corrected chi connectivity index (χ0v) is 12.0. The van der Waals surface area contributed by atoms with E-state index in [1.54, 1.807) is 4.68 Å². The van der Waals surface area contributed by atoms with E-state index >= 15 is 0 Å². The third-order valence-corrected chi connectivity index (χ3v) is 3.73. The highest BCUT2D eigenvalue weighted by atomic mass is 32.2. The fourth-order valence-electron chi connectivity index (χ4n) is 2.05. The van der Waals surface area contributed by atoms with E-state index in [1.807, 2.05) is 32.8 Å². The molecule has 1 rings (SSSR count). The van der Waals surface area contributed by atoms with E-state index in [9.17, 15) is 5.26 Å². The van der Waals surface area contributed by atoms with E-state index in [1.165, 1.54) is 0 Å². The number of aromatic nitrogens is 2. The molecule has 1 aromatic rings. The second kappa shape index (κ2) is 5.97. The molecule has 1 heterocycles. The summed E-state index contributed by atoms with van der Waals surface area (Å²) in [6.07, 6.45) is 3.17. The van der Waals surface area contributed by atoms with Crippen molar-refractivity contribution in [2.45, 2.75) is 26.3 Å². The molecule has 0 aliphatic rings. The van der Waals surface area contributed by atoms with Crippen LogP contribution < -0.4 is 4.90 Å². The molecule has 1 unspecified atom stereocenters. The summed E-state index contributed by atoms with van der Waals surface area (Å²) < 4.78 is 1.80. The molecule has 0 aliphatic heterocycles. The topological polar surface area (TPSA) is 44.9 Å². The number of nitrogens with zero attached hydrogens (tertiary/aromatic N) is 4. The Bertz CT molecular complexity index is 419. The molecule has 0 radical (unpaired) electrons. The summed E-state index contributed by atoms with van der Waals surface area (Å²) in [6.45, 7) is 4.05. The Morgan fingerprint density at radius 3 is 2.71 bits per heavy atom. The van der Waals surface area contributed by atoms with Gasteiger partial charge >= 0.3 is 0 Å². The van der Waals surface area contributed by atoms with Gasteiger partial charge in [0.05, 0.1) is 5.69 Å². The van der Waals surface area contributed by atoms with Gasteiger partial charge in [0, 0.05) is 25.9 Å². The summed E-state index contributed by atoms with van der Waals surface area (Å²) in [4.78, 5) is 2.18. The van der Waals surface area contributed by atoms with Gasteiger partial charge in [0.25, 0.3) is 0 Å². The van der Waals surface area contributed by atoms with Gasteiger partial charge < -0.3 is 4.90 Å². The fraction of sp³-hybridized carbons (Fsp3) is 0.667. The summed E-state index contributed by atoms with van der Waals surface area (Å²) in [5.74, 6) is 1.98. The highest BCUT2D eigenvalue weighted by molar-refractivity contribution is 7.98. The van der Waals surface area contributed by atoms with Crippen molar-refractivity contribution < 1.29 is 0 Å².